The SMILES string of the molecule is O=P(O)(O)OC(O)c1ccccc1O. The van der Waals surface area contributed by atoms with Crippen molar-refractivity contribution in [3.63, 3.8) is 0 Å². The fourth-order valence-electron chi connectivity index (χ4n) is 0.883. The zero-order valence-electron chi connectivity index (χ0n) is 6.94. The molecule has 6 nitrogen and oxygen atoms in total. The Bertz CT molecular complexity index is 359. The summed E-state index contributed by atoms with van der Waals surface area (Å²) in [5.41, 5.74) is -0.101. The lowest BCUT2D eigenvalue weighted by Crippen LogP contribution is -2.01. The second-order valence-electron chi connectivity index (χ2n) is 2.51. The summed E-state index contributed by atoms with van der Waals surface area (Å²) in [4.78, 5) is 16.8. The number of rotatable bonds is 3. The van der Waals surface area contributed by atoms with Crippen molar-refractivity contribution in [2.75, 3.05) is 0 Å². The first kappa shape index (κ1) is 11.2. The molecule has 1 aromatic rings. The van der Waals surface area contributed by atoms with E-state index < -0.39 is 14.1 Å². The van der Waals surface area contributed by atoms with Crippen LogP contribution in [0.5, 0.6) is 5.75 Å². The second-order valence-corrected chi connectivity index (χ2v) is 3.70. The first-order valence-electron chi connectivity index (χ1n) is 3.60. The number of aromatic hydroxyl groups is 1. The van der Waals surface area contributed by atoms with E-state index in [9.17, 15) is 9.67 Å². The zero-order chi connectivity index (χ0) is 10.8. The lowest BCUT2D eigenvalue weighted by atomic mass is 10.2. The van der Waals surface area contributed by atoms with E-state index in [1.54, 1.807) is 0 Å². The Labute approximate surface area is 79.6 Å². The van der Waals surface area contributed by atoms with Crippen LogP contribution in [-0.2, 0) is 9.09 Å². The van der Waals surface area contributed by atoms with Gasteiger partial charge in [0.15, 0.2) is 6.29 Å². The lowest BCUT2D eigenvalue weighted by molar-refractivity contribution is -0.0400. The van der Waals surface area contributed by atoms with Crippen LogP contribution in [0.15, 0.2) is 24.3 Å². The van der Waals surface area contributed by atoms with Crippen molar-refractivity contribution in [1.29, 1.82) is 0 Å². The van der Waals surface area contributed by atoms with Gasteiger partial charge in [-0.3, -0.25) is 4.52 Å². The van der Waals surface area contributed by atoms with Crippen LogP contribution in [0.4, 0.5) is 0 Å². The first-order valence-corrected chi connectivity index (χ1v) is 5.13. The largest absolute Gasteiger partial charge is 0.507 e. The fourth-order valence-corrected chi connectivity index (χ4v) is 1.26. The first-order chi connectivity index (χ1) is 6.40. The summed E-state index contributed by atoms with van der Waals surface area (Å²) in [7, 11) is -4.77. The number of aliphatic hydroxyl groups excluding tert-OH is 1. The van der Waals surface area contributed by atoms with E-state index in [-0.39, 0.29) is 11.3 Å². The molecule has 0 aliphatic rings. The minimum Gasteiger partial charge on any atom is -0.507 e. The molecule has 0 amide bonds. The molecule has 1 unspecified atom stereocenters. The minimum absolute atomic E-state index is 0.101. The smallest absolute Gasteiger partial charge is 0.472 e. The summed E-state index contributed by atoms with van der Waals surface area (Å²) < 4.78 is 14.3. The Morgan fingerprint density at radius 3 is 2.36 bits per heavy atom. The summed E-state index contributed by atoms with van der Waals surface area (Å²) in [5, 5.41) is 18.3. The Morgan fingerprint density at radius 2 is 1.86 bits per heavy atom. The van der Waals surface area contributed by atoms with E-state index >= 15 is 0 Å². The van der Waals surface area contributed by atoms with Gasteiger partial charge in [0, 0.05) is 5.56 Å². The van der Waals surface area contributed by atoms with Crippen LogP contribution in [0.3, 0.4) is 0 Å². The summed E-state index contributed by atoms with van der Waals surface area (Å²) in [6, 6.07) is 5.54. The number of phosphoric acid groups is 1. The highest BCUT2D eigenvalue weighted by atomic mass is 31.2. The molecule has 0 saturated heterocycles. The van der Waals surface area contributed by atoms with Crippen LogP contribution in [0.1, 0.15) is 11.9 Å². The van der Waals surface area contributed by atoms with Crippen LogP contribution < -0.4 is 0 Å². The topological polar surface area (TPSA) is 107 Å². The Hall–Kier alpha value is -0.910. The number of phosphoric ester groups is 1. The second kappa shape index (κ2) is 4.08. The molecule has 0 radical (unpaired) electrons. The molecule has 0 heterocycles. The molecular formula is C7H9O6P. The van der Waals surface area contributed by atoms with Gasteiger partial charge in [0.25, 0.3) is 0 Å². The molecule has 0 aliphatic heterocycles. The van der Waals surface area contributed by atoms with Crippen LogP contribution in [0, 0.1) is 0 Å². The molecule has 4 N–H and O–H groups in total. The predicted octanol–water partition coefficient (Wildman–Crippen LogP) is 0.492. The average Bonchev–Trinajstić information content (AvgIpc) is 2.01. The highest BCUT2D eigenvalue weighted by Crippen LogP contribution is 2.42. The Kier molecular flexibility index (Phi) is 3.25. The van der Waals surface area contributed by atoms with Crippen molar-refractivity contribution < 1.29 is 29.1 Å². The maximum atomic E-state index is 10.4. The van der Waals surface area contributed by atoms with E-state index in [4.69, 9.17) is 14.9 Å². The van der Waals surface area contributed by atoms with Crippen LogP contribution in [0.2, 0.25) is 0 Å². The van der Waals surface area contributed by atoms with Gasteiger partial charge in [-0.2, -0.15) is 0 Å². The van der Waals surface area contributed by atoms with Gasteiger partial charge in [-0.05, 0) is 6.07 Å². The van der Waals surface area contributed by atoms with E-state index in [1.165, 1.54) is 24.3 Å². The Balaban J connectivity index is 2.85. The normalized spacial score (nSPS) is 13.9. The highest BCUT2D eigenvalue weighted by molar-refractivity contribution is 7.46. The standard InChI is InChI=1S/C7H9O6P/c8-6-4-2-1-3-5(6)7(9)13-14(10,11)12/h1-4,7-9H,(H2,10,11,12). The molecule has 7 heteroatoms. The monoisotopic (exact) mass is 220 g/mol. The molecule has 0 aromatic heterocycles. The van der Waals surface area contributed by atoms with Crippen molar-refractivity contribution in [1.82, 2.24) is 0 Å². The van der Waals surface area contributed by atoms with Gasteiger partial charge in [0.1, 0.15) is 5.75 Å². The predicted molar refractivity (Wildman–Crippen MR) is 46.2 cm³/mol. The number of benzene rings is 1. The molecule has 0 bridgehead atoms. The lowest BCUT2D eigenvalue weighted by Gasteiger charge is -2.13. The van der Waals surface area contributed by atoms with E-state index in [0.29, 0.717) is 0 Å². The van der Waals surface area contributed by atoms with Gasteiger partial charge in [-0.15, -0.1) is 0 Å². The third-order valence-corrected chi connectivity index (χ3v) is 1.91. The Morgan fingerprint density at radius 1 is 1.29 bits per heavy atom. The molecule has 14 heavy (non-hydrogen) atoms. The molecule has 0 fully saturated rings. The van der Waals surface area contributed by atoms with E-state index in [0.717, 1.165) is 0 Å². The summed E-state index contributed by atoms with van der Waals surface area (Å²) in [6.07, 6.45) is -1.85. The molecule has 1 aromatic carbocycles. The maximum Gasteiger partial charge on any atom is 0.472 e. The maximum absolute atomic E-state index is 10.4. The van der Waals surface area contributed by atoms with Gasteiger partial charge < -0.3 is 20.0 Å². The molecule has 0 saturated carbocycles. The van der Waals surface area contributed by atoms with Crippen LogP contribution in [0.25, 0.3) is 0 Å². The molecule has 78 valence electrons. The van der Waals surface area contributed by atoms with Gasteiger partial charge >= 0.3 is 7.82 Å². The number of phenolic OH excluding ortho intramolecular Hbond substituents is 1. The summed E-state index contributed by atoms with van der Waals surface area (Å²) in [6.45, 7) is 0. The van der Waals surface area contributed by atoms with Crippen molar-refractivity contribution in [2.24, 2.45) is 0 Å². The molecule has 0 spiro atoms. The highest BCUT2D eigenvalue weighted by Gasteiger charge is 2.23. The van der Waals surface area contributed by atoms with Crippen molar-refractivity contribution in [2.45, 2.75) is 6.29 Å². The summed E-state index contributed by atoms with van der Waals surface area (Å²) in [5.74, 6) is -0.298. The van der Waals surface area contributed by atoms with E-state index in [2.05, 4.69) is 4.52 Å². The fraction of sp³-hybridized carbons (Fsp3) is 0.143. The molecular weight excluding hydrogens is 211 g/mol. The number of hydrogen-bond donors (Lipinski definition) is 4. The third-order valence-electron chi connectivity index (χ3n) is 1.44. The zero-order valence-corrected chi connectivity index (χ0v) is 7.83. The average molecular weight is 220 g/mol. The van der Waals surface area contributed by atoms with Crippen molar-refractivity contribution >= 4 is 7.82 Å². The van der Waals surface area contributed by atoms with Gasteiger partial charge in [0.05, 0.1) is 0 Å². The third kappa shape index (κ3) is 3.10. The number of aliphatic hydroxyl groups is 1. The minimum atomic E-state index is -4.77. The molecule has 0 aliphatic carbocycles. The number of para-hydroxylation sites is 1. The summed E-state index contributed by atoms with van der Waals surface area (Å²) >= 11 is 0. The molecule has 1 rings (SSSR count). The number of phenols is 1. The van der Waals surface area contributed by atoms with Crippen molar-refractivity contribution in [3.05, 3.63) is 29.8 Å². The van der Waals surface area contributed by atoms with Gasteiger partial charge in [-0.1, -0.05) is 18.2 Å². The van der Waals surface area contributed by atoms with Crippen LogP contribution >= 0.6 is 7.82 Å². The van der Waals surface area contributed by atoms with E-state index in [1.807, 2.05) is 0 Å². The number of hydrogen-bond acceptors (Lipinski definition) is 4. The van der Waals surface area contributed by atoms with Gasteiger partial charge in [0.2, 0.25) is 0 Å². The van der Waals surface area contributed by atoms with Crippen LogP contribution in [-0.4, -0.2) is 20.0 Å². The van der Waals surface area contributed by atoms with Crippen molar-refractivity contribution in [3.8, 4) is 5.75 Å². The quantitative estimate of drug-likeness (QED) is 0.436. The van der Waals surface area contributed by atoms with Gasteiger partial charge in [-0.25, -0.2) is 4.57 Å². The molecule has 1 atom stereocenters.